The van der Waals surface area contributed by atoms with Crippen molar-refractivity contribution in [2.75, 3.05) is 5.32 Å². The standard InChI is InChI=1S/C12H20ClN3/c1-8(2)5-6-10(4)15-11-9(3)7-14-12(13)16-11/h7-8,10H,5-6H2,1-4H3,(H,14,15,16). The molecule has 0 saturated heterocycles. The minimum absolute atomic E-state index is 0.296. The van der Waals surface area contributed by atoms with Crippen molar-refractivity contribution in [1.29, 1.82) is 0 Å². The molecule has 1 heterocycles. The Kier molecular flexibility index (Phi) is 5.00. The molecule has 0 amide bonds. The zero-order chi connectivity index (χ0) is 12.1. The van der Waals surface area contributed by atoms with Gasteiger partial charge in [0.2, 0.25) is 5.28 Å². The molecule has 0 fully saturated rings. The maximum absolute atomic E-state index is 5.77. The van der Waals surface area contributed by atoms with Gasteiger partial charge in [-0.15, -0.1) is 0 Å². The summed E-state index contributed by atoms with van der Waals surface area (Å²) < 4.78 is 0. The lowest BCUT2D eigenvalue weighted by Gasteiger charge is -2.16. The van der Waals surface area contributed by atoms with Crippen molar-refractivity contribution in [3.05, 3.63) is 17.0 Å². The highest BCUT2D eigenvalue weighted by atomic mass is 35.5. The first-order chi connectivity index (χ1) is 7.49. The Morgan fingerprint density at radius 3 is 2.62 bits per heavy atom. The Bertz CT molecular complexity index is 339. The molecule has 0 spiro atoms. The van der Waals surface area contributed by atoms with Crippen molar-refractivity contribution in [2.45, 2.75) is 46.6 Å². The quantitative estimate of drug-likeness (QED) is 0.800. The van der Waals surface area contributed by atoms with E-state index in [0.717, 1.165) is 23.7 Å². The summed E-state index contributed by atoms with van der Waals surface area (Å²) in [5.74, 6) is 1.58. The molecule has 16 heavy (non-hydrogen) atoms. The molecule has 1 N–H and O–H groups in total. The van der Waals surface area contributed by atoms with Crippen LogP contribution in [-0.2, 0) is 0 Å². The molecule has 0 aromatic carbocycles. The van der Waals surface area contributed by atoms with E-state index in [0.29, 0.717) is 11.3 Å². The number of anilines is 1. The maximum Gasteiger partial charge on any atom is 0.224 e. The fourth-order valence-corrected chi connectivity index (χ4v) is 1.59. The average Bonchev–Trinajstić information content (AvgIpc) is 2.20. The van der Waals surface area contributed by atoms with Crippen LogP contribution in [0.2, 0.25) is 5.28 Å². The predicted octanol–water partition coefficient (Wildman–Crippen LogP) is 3.68. The summed E-state index contributed by atoms with van der Waals surface area (Å²) in [5, 5.41) is 3.67. The van der Waals surface area contributed by atoms with Gasteiger partial charge in [0.25, 0.3) is 0 Å². The third kappa shape index (κ3) is 4.35. The predicted molar refractivity (Wildman–Crippen MR) is 68.9 cm³/mol. The van der Waals surface area contributed by atoms with Gasteiger partial charge >= 0.3 is 0 Å². The van der Waals surface area contributed by atoms with Crippen LogP contribution in [-0.4, -0.2) is 16.0 Å². The minimum Gasteiger partial charge on any atom is -0.367 e. The second-order valence-corrected chi connectivity index (χ2v) is 5.03. The number of hydrogen-bond donors (Lipinski definition) is 1. The summed E-state index contributed by atoms with van der Waals surface area (Å²) in [7, 11) is 0. The topological polar surface area (TPSA) is 37.8 Å². The second-order valence-electron chi connectivity index (χ2n) is 4.69. The van der Waals surface area contributed by atoms with Gasteiger partial charge in [-0.2, -0.15) is 0 Å². The van der Waals surface area contributed by atoms with E-state index in [1.807, 2.05) is 6.92 Å². The monoisotopic (exact) mass is 241 g/mol. The number of rotatable bonds is 5. The summed E-state index contributed by atoms with van der Waals surface area (Å²) in [4.78, 5) is 8.12. The molecule has 1 aromatic heterocycles. The number of halogens is 1. The summed E-state index contributed by atoms with van der Waals surface area (Å²) in [6, 6.07) is 0.409. The Morgan fingerprint density at radius 2 is 2.00 bits per heavy atom. The molecule has 90 valence electrons. The summed E-state index contributed by atoms with van der Waals surface area (Å²) in [5.41, 5.74) is 1.03. The van der Waals surface area contributed by atoms with Crippen LogP contribution in [0, 0.1) is 12.8 Å². The summed E-state index contributed by atoms with van der Waals surface area (Å²) in [6.45, 7) is 8.62. The highest BCUT2D eigenvalue weighted by Crippen LogP contribution is 2.16. The van der Waals surface area contributed by atoms with Crippen LogP contribution in [0.15, 0.2) is 6.20 Å². The van der Waals surface area contributed by atoms with Gasteiger partial charge in [-0.3, -0.25) is 0 Å². The molecule has 0 bridgehead atoms. The zero-order valence-corrected chi connectivity index (χ0v) is 11.2. The second kappa shape index (κ2) is 6.04. The lowest BCUT2D eigenvalue weighted by molar-refractivity contribution is 0.527. The molecule has 0 aliphatic carbocycles. The molecule has 0 saturated carbocycles. The van der Waals surface area contributed by atoms with E-state index in [9.17, 15) is 0 Å². The Labute approximate surface area is 103 Å². The van der Waals surface area contributed by atoms with Crippen LogP contribution in [0.25, 0.3) is 0 Å². The van der Waals surface area contributed by atoms with Crippen molar-refractivity contribution in [3.63, 3.8) is 0 Å². The van der Waals surface area contributed by atoms with Gasteiger partial charge in [-0.25, -0.2) is 9.97 Å². The van der Waals surface area contributed by atoms with Gasteiger partial charge in [0.05, 0.1) is 0 Å². The molecular formula is C12H20ClN3. The van der Waals surface area contributed by atoms with Crippen molar-refractivity contribution < 1.29 is 0 Å². The molecule has 1 atom stereocenters. The summed E-state index contributed by atoms with van der Waals surface area (Å²) in [6.07, 6.45) is 4.09. The highest BCUT2D eigenvalue weighted by molar-refractivity contribution is 6.28. The number of nitrogens with zero attached hydrogens (tertiary/aromatic N) is 2. The van der Waals surface area contributed by atoms with Crippen LogP contribution >= 0.6 is 11.6 Å². The van der Waals surface area contributed by atoms with Crippen LogP contribution in [0.3, 0.4) is 0 Å². The lowest BCUT2D eigenvalue weighted by atomic mass is 10.0. The van der Waals surface area contributed by atoms with E-state index in [-0.39, 0.29) is 0 Å². The molecule has 1 rings (SSSR count). The van der Waals surface area contributed by atoms with Crippen molar-refractivity contribution in [3.8, 4) is 0 Å². The van der Waals surface area contributed by atoms with Gasteiger partial charge in [0, 0.05) is 17.8 Å². The fraction of sp³-hybridized carbons (Fsp3) is 0.667. The molecular weight excluding hydrogens is 222 g/mol. The minimum atomic E-state index is 0.296. The van der Waals surface area contributed by atoms with Crippen LogP contribution in [0.4, 0.5) is 5.82 Å². The normalized spacial score (nSPS) is 12.9. The van der Waals surface area contributed by atoms with E-state index in [2.05, 4.69) is 36.1 Å². The van der Waals surface area contributed by atoms with E-state index in [1.165, 1.54) is 6.42 Å². The van der Waals surface area contributed by atoms with Crippen LogP contribution in [0.5, 0.6) is 0 Å². The Morgan fingerprint density at radius 1 is 1.31 bits per heavy atom. The highest BCUT2D eigenvalue weighted by Gasteiger charge is 2.07. The van der Waals surface area contributed by atoms with Crippen LogP contribution < -0.4 is 5.32 Å². The average molecular weight is 242 g/mol. The molecule has 0 aliphatic rings. The lowest BCUT2D eigenvalue weighted by Crippen LogP contribution is -2.17. The first-order valence-corrected chi connectivity index (χ1v) is 6.12. The molecule has 1 aromatic rings. The third-order valence-corrected chi connectivity index (χ3v) is 2.68. The zero-order valence-electron chi connectivity index (χ0n) is 10.4. The maximum atomic E-state index is 5.77. The van der Waals surface area contributed by atoms with E-state index < -0.39 is 0 Å². The Balaban J connectivity index is 2.55. The fourth-order valence-electron chi connectivity index (χ4n) is 1.46. The third-order valence-electron chi connectivity index (χ3n) is 2.50. The first kappa shape index (κ1) is 13.2. The first-order valence-electron chi connectivity index (χ1n) is 5.74. The smallest absolute Gasteiger partial charge is 0.224 e. The number of hydrogen-bond acceptors (Lipinski definition) is 3. The SMILES string of the molecule is Cc1cnc(Cl)nc1NC(C)CCC(C)C. The van der Waals surface area contributed by atoms with Crippen molar-refractivity contribution in [1.82, 2.24) is 9.97 Å². The van der Waals surface area contributed by atoms with E-state index in [1.54, 1.807) is 6.20 Å². The number of aromatic nitrogens is 2. The van der Waals surface area contributed by atoms with Crippen molar-refractivity contribution >= 4 is 17.4 Å². The Hall–Kier alpha value is -0.830. The van der Waals surface area contributed by atoms with Gasteiger partial charge in [-0.05, 0) is 44.2 Å². The van der Waals surface area contributed by atoms with E-state index >= 15 is 0 Å². The van der Waals surface area contributed by atoms with Gasteiger partial charge in [0.1, 0.15) is 5.82 Å². The van der Waals surface area contributed by atoms with Gasteiger partial charge < -0.3 is 5.32 Å². The molecule has 4 heteroatoms. The van der Waals surface area contributed by atoms with Gasteiger partial charge in [-0.1, -0.05) is 13.8 Å². The number of nitrogens with one attached hydrogen (secondary N) is 1. The molecule has 0 radical (unpaired) electrons. The summed E-state index contributed by atoms with van der Waals surface area (Å²) >= 11 is 5.77. The van der Waals surface area contributed by atoms with Crippen molar-refractivity contribution in [2.24, 2.45) is 5.92 Å². The molecule has 3 nitrogen and oxygen atoms in total. The van der Waals surface area contributed by atoms with E-state index in [4.69, 9.17) is 11.6 Å². The molecule has 0 aliphatic heterocycles. The van der Waals surface area contributed by atoms with Gasteiger partial charge in [0.15, 0.2) is 0 Å². The van der Waals surface area contributed by atoms with Crippen LogP contribution in [0.1, 0.15) is 39.2 Å². The largest absolute Gasteiger partial charge is 0.367 e. The number of aryl methyl sites for hydroxylation is 1. The molecule has 1 unspecified atom stereocenters.